The van der Waals surface area contributed by atoms with Gasteiger partial charge in [0.25, 0.3) is 0 Å². The Hall–Kier alpha value is -1.88. The third kappa shape index (κ3) is 4.29. The Morgan fingerprint density at radius 1 is 1.24 bits per heavy atom. The van der Waals surface area contributed by atoms with Gasteiger partial charge in [-0.25, -0.2) is 0 Å². The summed E-state index contributed by atoms with van der Waals surface area (Å²) in [5.74, 6) is -0.884. The fraction of sp³-hybridized carbons (Fsp3) is 0.500. The molecular weight excluding hydrogens is 268 g/mol. The molecule has 0 saturated heterocycles. The first-order chi connectivity index (χ1) is 10.1. The predicted octanol–water partition coefficient (Wildman–Crippen LogP) is 1.19. The topological polar surface area (TPSA) is 67.4 Å². The highest BCUT2D eigenvalue weighted by atomic mass is 16.5. The lowest BCUT2D eigenvalue weighted by Crippen LogP contribution is -2.43. The van der Waals surface area contributed by atoms with Crippen LogP contribution in [0.1, 0.15) is 31.1 Å². The summed E-state index contributed by atoms with van der Waals surface area (Å²) < 4.78 is 5.69. The highest BCUT2D eigenvalue weighted by Crippen LogP contribution is 2.26. The van der Waals surface area contributed by atoms with E-state index in [1.54, 1.807) is 0 Å². The number of hydrogen-bond acceptors (Lipinski definition) is 3. The highest BCUT2D eigenvalue weighted by molar-refractivity contribution is 6.35. The summed E-state index contributed by atoms with van der Waals surface area (Å²) in [5, 5.41) is 5.24. The first-order valence-electron chi connectivity index (χ1n) is 7.33. The van der Waals surface area contributed by atoms with Crippen LogP contribution in [0.5, 0.6) is 0 Å². The zero-order valence-electron chi connectivity index (χ0n) is 12.5. The Balaban J connectivity index is 1.86. The largest absolute Gasteiger partial charge is 0.371 e. The maximum absolute atomic E-state index is 11.7. The molecule has 1 atom stereocenters. The molecule has 0 fully saturated rings. The number of carbonyl (C=O) groups is 2. The Labute approximate surface area is 125 Å². The van der Waals surface area contributed by atoms with Gasteiger partial charge in [-0.3, -0.25) is 9.59 Å². The summed E-state index contributed by atoms with van der Waals surface area (Å²) in [6.45, 7) is 5.40. The lowest BCUT2D eigenvalue weighted by atomic mass is 9.97. The molecule has 2 rings (SSSR count). The van der Waals surface area contributed by atoms with Crippen LogP contribution < -0.4 is 10.6 Å². The molecular formula is C16H22N2O3. The molecule has 114 valence electrons. The van der Waals surface area contributed by atoms with Crippen LogP contribution in [-0.2, 0) is 20.7 Å². The van der Waals surface area contributed by atoms with Crippen LogP contribution >= 0.6 is 0 Å². The molecule has 5 nitrogen and oxygen atoms in total. The fourth-order valence-electron chi connectivity index (χ4n) is 2.29. The summed E-state index contributed by atoms with van der Waals surface area (Å²) in [6.07, 6.45) is 0.701. The molecule has 0 spiro atoms. The van der Waals surface area contributed by atoms with Crippen molar-refractivity contribution in [3.63, 3.8) is 0 Å². The zero-order chi connectivity index (χ0) is 15.2. The lowest BCUT2D eigenvalue weighted by molar-refractivity contribution is -0.139. The van der Waals surface area contributed by atoms with Gasteiger partial charge in [0.1, 0.15) is 6.10 Å². The minimum absolute atomic E-state index is 0.184. The molecule has 0 aromatic heterocycles. The van der Waals surface area contributed by atoms with Crippen LogP contribution in [-0.4, -0.2) is 31.5 Å². The van der Waals surface area contributed by atoms with Crippen molar-refractivity contribution in [3.8, 4) is 0 Å². The number of carbonyl (C=O) groups excluding carboxylic acids is 2. The summed E-state index contributed by atoms with van der Waals surface area (Å²) in [4.78, 5) is 23.3. The van der Waals surface area contributed by atoms with Gasteiger partial charge in [0.15, 0.2) is 0 Å². The van der Waals surface area contributed by atoms with E-state index in [2.05, 4.69) is 16.7 Å². The van der Waals surface area contributed by atoms with E-state index < -0.39 is 11.8 Å². The van der Waals surface area contributed by atoms with E-state index in [4.69, 9.17) is 4.74 Å². The Bertz CT molecular complexity index is 514. The maximum Gasteiger partial charge on any atom is 0.309 e. The van der Waals surface area contributed by atoms with Gasteiger partial charge in [0.2, 0.25) is 0 Å². The van der Waals surface area contributed by atoms with Gasteiger partial charge in [-0.05, 0) is 23.5 Å². The molecule has 1 aromatic carbocycles. The summed E-state index contributed by atoms with van der Waals surface area (Å²) in [7, 11) is 0. The second-order valence-corrected chi connectivity index (χ2v) is 5.62. The third-order valence-electron chi connectivity index (χ3n) is 3.42. The molecule has 0 bridgehead atoms. The molecule has 1 heterocycles. The normalized spacial score (nSPS) is 17.2. The first kappa shape index (κ1) is 15.5. The van der Waals surface area contributed by atoms with Gasteiger partial charge >= 0.3 is 11.8 Å². The van der Waals surface area contributed by atoms with Gasteiger partial charge < -0.3 is 15.4 Å². The monoisotopic (exact) mass is 290 g/mol. The number of fused-ring (bicyclic) bond motifs is 1. The van der Waals surface area contributed by atoms with E-state index >= 15 is 0 Å². The second kappa shape index (κ2) is 7.22. The van der Waals surface area contributed by atoms with Gasteiger partial charge in [-0.1, -0.05) is 38.1 Å². The molecule has 2 amide bonds. The van der Waals surface area contributed by atoms with Crippen LogP contribution in [0, 0.1) is 5.92 Å². The number of nitrogens with one attached hydrogen (secondary N) is 2. The van der Waals surface area contributed by atoms with E-state index in [-0.39, 0.29) is 6.10 Å². The van der Waals surface area contributed by atoms with Gasteiger partial charge in [0, 0.05) is 13.1 Å². The van der Waals surface area contributed by atoms with Crippen molar-refractivity contribution in [2.24, 2.45) is 5.92 Å². The smallest absolute Gasteiger partial charge is 0.309 e. The Kier molecular flexibility index (Phi) is 5.33. The van der Waals surface area contributed by atoms with E-state index in [1.807, 2.05) is 32.0 Å². The van der Waals surface area contributed by atoms with Gasteiger partial charge in [0.05, 0.1) is 6.61 Å². The molecule has 2 N–H and O–H groups in total. The van der Waals surface area contributed by atoms with Crippen molar-refractivity contribution < 1.29 is 14.3 Å². The predicted molar refractivity (Wildman–Crippen MR) is 79.7 cm³/mol. The van der Waals surface area contributed by atoms with Gasteiger partial charge in [-0.2, -0.15) is 0 Å². The van der Waals surface area contributed by atoms with Crippen LogP contribution in [0.2, 0.25) is 0 Å². The zero-order valence-corrected chi connectivity index (χ0v) is 12.5. The second-order valence-electron chi connectivity index (χ2n) is 5.62. The molecule has 0 radical (unpaired) electrons. The molecule has 5 heteroatoms. The minimum Gasteiger partial charge on any atom is -0.371 e. The van der Waals surface area contributed by atoms with Crippen molar-refractivity contribution in [3.05, 3.63) is 35.4 Å². The fourth-order valence-corrected chi connectivity index (χ4v) is 2.29. The average Bonchev–Trinajstić information content (AvgIpc) is 2.50. The van der Waals surface area contributed by atoms with Crippen LogP contribution in [0.3, 0.4) is 0 Å². The van der Waals surface area contributed by atoms with Crippen LogP contribution in [0.4, 0.5) is 0 Å². The number of rotatable bonds is 4. The molecule has 1 aliphatic rings. The van der Waals surface area contributed by atoms with Crippen LogP contribution in [0.25, 0.3) is 0 Å². The van der Waals surface area contributed by atoms with E-state index in [1.165, 1.54) is 5.56 Å². The number of amides is 2. The number of benzene rings is 1. The molecule has 0 unspecified atom stereocenters. The molecule has 21 heavy (non-hydrogen) atoms. The molecule has 0 aliphatic carbocycles. The van der Waals surface area contributed by atoms with Gasteiger partial charge in [-0.15, -0.1) is 0 Å². The van der Waals surface area contributed by atoms with Crippen molar-refractivity contribution in [1.82, 2.24) is 10.6 Å². The highest BCUT2D eigenvalue weighted by Gasteiger charge is 2.22. The first-order valence-corrected chi connectivity index (χ1v) is 7.33. The number of ether oxygens (including phenoxy) is 1. The summed E-state index contributed by atoms with van der Waals surface area (Å²) in [5.41, 5.74) is 2.33. The molecule has 1 aliphatic heterocycles. The molecule has 0 saturated carbocycles. The maximum atomic E-state index is 11.7. The molecule has 1 aromatic rings. The Morgan fingerprint density at radius 3 is 2.71 bits per heavy atom. The summed E-state index contributed by atoms with van der Waals surface area (Å²) in [6, 6.07) is 8.03. The van der Waals surface area contributed by atoms with Crippen molar-refractivity contribution in [2.45, 2.75) is 26.4 Å². The Morgan fingerprint density at radius 2 is 1.95 bits per heavy atom. The van der Waals surface area contributed by atoms with E-state index in [0.29, 0.717) is 25.6 Å². The average molecular weight is 290 g/mol. The lowest BCUT2D eigenvalue weighted by Gasteiger charge is -2.26. The summed E-state index contributed by atoms with van der Waals surface area (Å²) >= 11 is 0. The van der Waals surface area contributed by atoms with Crippen molar-refractivity contribution in [2.75, 3.05) is 19.7 Å². The number of hydrogen-bond donors (Lipinski definition) is 2. The SMILES string of the molecule is CC(C)CNC(=O)C(=O)NC[C@@H]1OCCc2ccccc21. The standard InChI is InChI=1S/C16H22N2O3/c1-11(2)9-17-15(19)16(20)18-10-14-13-6-4-3-5-12(13)7-8-21-14/h3-6,11,14H,7-10H2,1-2H3,(H,17,19)(H,18,20)/t14-/m0/s1. The van der Waals surface area contributed by atoms with Crippen molar-refractivity contribution >= 4 is 11.8 Å². The van der Waals surface area contributed by atoms with E-state index in [9.17, 15) is 9.59 Å². The minimum atomic E-state index is -0.609. The van der Waals surface area contributed by atoms with Crippen molar-refractivity contribution in [1.29, 1.82) is 0 Å². The quantitative estimate of drug-likeness (QED) is 0.819. The van der Waals surface area contributed by atoms with E-state index in [0.717, 1.165) is 12.0 Å². The van der Waals surface area contributed by atoms with Crippen LogP contribution in [0.15, 0.2) is 24.3 Å². The third-order valence-corrected chi connectivity index (χ3v) is 3.42.